The van der Waals surface area contributed by atoms with E-state index in [9.17, 15) is 23.2 Å². The molecular formula is C12H10F2N2O4. The lowest BCUT2D eigenvalue weighted by molar-refractivity contribution is -0.144. The SMILES string of the molecule is O=C1CN(C(=O)c2cccc(F)c2F)C(C(=O)O)CN1. The van der Waals surface area contributed by atoms with Gasteiger partial charge in [0.2, 0.25) is 5.91 Å². The van der Waals surface area contributed by atoms with Crippen LogP contribution in [0.4, 0.5) is 8.78 Å². The minimum Gasteiger partial charge on any atom is -0.480 e. The first kappa shape index (κ1) is 13.9. The van der Waals surface area contributed by atoms with E-state index < -0.39 is 47.6 Å². The van der Waals surface area contributed by atoms with Gasteiger partial charge in [0.05, 0.1) is 5.56 Å². The first-order chi connectivity index (χ1) is 9.41. The number of benzene rings is 1. The van der Waals surface area contributed by atoms with Crippen molar-refractivity contribution in [2.45, 2.75) is 6.04 Å². The van der Waals surface area contributed by atoms with Crippen LogP contribution in [0.1, 0.15) is 10.4 Å². The van der Waals surface area contributed by atoms with Gasteiger partial charge < -0.3 is 15.3 Å². The van der Waals surface area contributed by atoms with Crippen LogP contribution in [0.3, 0.4) is 0 Å². The Hall–Kier alpha value is -2.51. The van der Waals surface area contributed by atoms with Gasteiger partial charge in [-0.25, -0.2) is 13.6 Å². The predicted octanol–water partition coefficient (Wildman–Crippen LogP) is -0.01000. The average molecular weight is 284 g/mol. The van der Waals surface area contributed by atoms with Crippen molar-refractivity contribution in [2.24, 2.45) is 0 Å². The number of carbonyl (C=O) groups is 3. The summed E-state index contributed by atoms with van der Waals surface area (Å²) >= 11 is 0. The number of piperazine rings is 1. The van der Waals surface area contributed by atoms with E-state index >= 15 is 0 Å². The van der Waals surface area contributed by atoms with Gasteiger partial charge in [-0.15, -0.1) is 0 Å². The fraction of sp³-hybridized carbons (Fsp3) is 0.250. The summed E-state index contributed by atoms with van der Waals surface area (Å²) in [5.41, 5.74) is -0.606. The van der Waals surface area contributed by atoms with Crippen molar-refractivity contribution in [3.05, 3.63) is 35.4 Å². The number of nitrogens with one attached hydrogen (secondary N) is 1. The summed E-state index contributed by atoms with van der Waals surface area (Å²) < 4.78 is 26.7. The van der Waals surface area contributed by atoms with Crippen LogP contribution in [0.15, 0.2) is 18.2 Å². The van der Waals surface area contributed by atoms with E-state index in [0.717, 1.165) is 18.2 Å². The van der Waals surface area contributed by atoms with Crippen LogP contribution in [0.25, 0.3) is 0 Å². The van der Waals surface area contributed by atoms with Crippen LogP contribution >= 0.6 is 0 Å². The second kappa shape index (κ2) is 5.24. The Morgan fingerprint density at radius 3 is 2.70 bits per heavy atom. The number of carboxylic acid groups (broad SMARTS) is 1. The first-order valence-corrected chi connectivity index (χ1v) is 5.66. The lowest BCUT2D eigenvalue weighted by Crippen LogP contribution is -2.59. The summed E-state index contributed by atoms with van der Waals surface area (Å²) in [4.78, 5) is 35.1. The zero-order valence-corrected chi connectivity index (χ0v) is 10.1. The predicted molar refractivity (Wildman–Crippen MR) is 61.8 cm³/mol. The fourth-order valence-corrected chi connectivity index (χ4v) is 1.90. The molecule has 106 valence electrons. The van der Waals surface area contributed by atoms with E-state index in [2.05, 4.69) is 5.32 Å². The molecule has 0 aromatic heterocycles. The van der Waals surface area contributed by atoms with Crippen LogP contribution < -0.4 is 5.32 Å². The Balaban J connectivity index is 2.36. The quantitative estimate of drug-likeness (QED) is 0.799. The Morgan fingerprint density at radius 1 is 1.35 bits per heavy atom. The van der Waals surface area contributed by atoms with Crippen LogP contribution in [-0.2, 0) is 9.59 Å². The maximum absolute atomic E-state index is 13.6. The lowest BCUT2D eigenvalue weighted by Gasteiger charge is -2.32. The van der Waals surface area contributed by atoms with Crippen molar-refractivity contribution in [1.29, 1.82) is 0 Å². The van der Waals surface area contributed by atoms with Gasteiger partial charge in [0, 0.05) is 6.54 Å². The molecule has 0 radical (unpaired) electrons. The Kier molecular flexibility index (Phi) is 3.64. The average Bonchev–Trinajstić information content (AvgIpc) is 2.40. The summed E-state index contributed by atoms with van der Waals surface area (Å²) in [6, 6.07) is 1.68. The number of carbonyl (C=O) groups excluding carboxylic acids is 2. The molecule has 1 atom stereocenters. The van der Waals surface area contributed by atoms with Gasteiger partial charge in [-0.3, -0.25) is 9.59 Å². The minimum absolute atomic E-state index is 0.281. The normalized spacial score (nSPS) is 18.6. The molecule has 2 N–H and O–H groups in total. The van der Waals surface area contributed by atoms with Crippen LogP contribution in [-0.4, -0.2) is 46.9 Å². The van der Waals surface area contributed by atoms with Crippen molar-refractivity contribution in [2.75, 3.05) is 13.1 Å². The molecule has 0 aliphatic carbocycles. The van der Waals surface area contributed by atoms with Crippen molar-refractivity contribution in [3.63, 3.8) is 0 Å². The molecular weight excluding hydrogens is 274 g/mol. The van der Waals surface area contributed by atoms with E-state index in [1.165, 1.54) is 0 Å². The van der Waals surface area contributed by atoms with E-state index in [1.807, 2.05) is 0 Å². The zero-order valence-electron chi connectivity index (χ0n) is 10.1. The van der Waals surface area contributed by atoms with Gasteiger partial charge in [0.15, 0.2) is 11.6 Å². The number of rotatable bonds is 2. The molecule has 1 heterocycles. The van der Waals surface area contributed by atoms with E-state index in [4.69, 9.17) is 5.11 Å². The number of hydrogen-bond acceptors (Lipinski definition) is 3. The maximum Gasteiger partial charge on any atom is 0.328 e. The molecule has 8 heteroatoms. The first-order valence-electron chi connectivity index (χ1n) is 5.66. The monoisotopic (exact) mass is 284 g/mol. The van der Waals surface area contributed by atoms with Crippen molar-refractivity contribution >= 4 is 17.8 Å². The topological polar surface area (TPSA) is 86.7 Å². The molecule has 1 aromatic rings. The van der Waals surface area contributed by atoms with Gasteiger partial charge in [0.25, 0.3) is 5.91 Å². The number of nitrogens with zero attached hydrogens (tertiary/aromatic N) is 1. The highest BCUT2D eigenvalue weighted by Gasteiger charge is 2.36. The molecule has 1 aromatic carbocycles. The molecule has 20 heavy (non-hydrogen) atoms. The molecule has 1 saturated heterocycles. The highest BCUT2D eigenvalue weighted by molar-refractivity contribution is 6.00. The molecule has 0 spiro atoms. The lowest BCUT2D eigenvalue weighted by atomic mass is 10.1. The molecule has 1 fully saturated rings. The van der Waals surface area contributed by atoms with Crippen molar-refractivity contribution in [3.8, 4) is 0 Å². The van der Waals surface area contributed by atoms with Crippen molar-refractivity contribution in [1.82, 2.24) is 10.2 Å². The molecule has 0 bridgehead atoms. The summed E-state index contributed by atoms with van der Waals surface area (Å²) in [7, 11) is 0. The summed E-state index contributed by atoms with van der Waals surface area (Å²) in [6.07, 6.45) is 0. The van der Waals surface area contributed by atoms with Crippen LogP contribution in [0.2, 0.25) is 0 Å². The Bertz CT molecular complexity index is 591. The smallest absolute Gasteiger partial charge is 0.328 e. The summed E-state index contributed by atoms with van der Waals surface area (Å²) in [5, 5.41) is 11.3. The Morgan fingerprint density at radius 2 is 2.05 bits per heavy atom. The third-order valence-corrected chi connectivity index (χ3v) is 2.91. The van der Waals surface area contributed by atoms with Gasteiger partial charge >= 0.3 is 5.97 Å². The van der Waals surface area contributed by atoms with Crippen molar-refractivity contribution < 1.29 is 28.3 Å². The fourth-order valence-electron chi connectivity index (χ4n) is 1.90. The third-order valence-electron chi connectivity index (χ3n) is 2.91. The maximum atomic E-state index is 13.6. The highest BCUT2D eigenvalue weighted by Crippen LogP contribution is 2.16. The second-order valence-corrected chi connectivity index (χ2v) is 4.19. The number of carboxylic acids is 1. The largest absolute Gasteiger partial charge is 0.480 e. The molecule has 2 amide bonds. The van der Waals surface area contributed by atoms with E-state index in [-0.39, 0.29) is 6.54 Å². The Labute approximate surface area is 112 Å². The zero-order chi connectivity index (χ0) is 14.9. The third kappa shape index (κ3) is 2.44. The molecule has 0 saturated carbocycles. The van der Waals surface area contributed by atoms with Gasteiger partial charge in [-0.05, 0) is 12.1 Å². The molecule has 1 aliphatic heterocycles. The van der Waals surface area contributed by atoms with Crippen LogP contribution in [0.5, 0.6) is 0 Å². The number of halogens is 2. The molecule has 1 unspecified atom stereocenters. The molecule has 1 aliphatic rings. The van der Waals surface area contributed by atoms with Crippen LogP contribution in [0, 0.1) is 11.6 Å². The second-order valence-electron chi connectivity index (χ2n) is 4.19. The summed E-state index contributed by atoms with van der Waals surface area (Å²) in [6.45, 7) is -0.803. The van der Waals surface area contributed by atoms with Gasteiger partial charge in [-0.2, -0.15) is 0 Å². The minimum atomic E-state index is -1.37. The highest BCUT2D eigenvalue weighted by atomic mass is 19.2. The van der Waals surface area contributed by atoms with Gasteiger partial charge in [0.1, 0.15) is 12.6 Å². The number of amides is 2. The van der Waals surface area contributed by atoms with E-state index in [1.54, 1.807) is 0 Å². The van der Waals surface area contributed by atoms with E-state index in [0.29, 0.717) is 4.90 Å². The molecule has 2 rings (SSSR count). The summed E-state index contributed by atoms with van der Waals surface area (Å²) in [5.74, 6) is -5.52. The standard InChI is InChI=1S/C12H10F2N2O4/c13-7-3-1-2-6(10(7)14)11(18)16-5-9(17)15-4-8(16)12(19)20/h1-3,8H,4-5H2,(H,15,17)(H,19,20). The molecule has 6 nitrogen and oxygen atoms in total. The van der Waals surface area contributed by atoms with Gasteiger partial charge in [-0.1, -0.05) is 6.07 Å². The number of aliphatic carboxylic acids is 1. The number of hydrogen-bond donors (Lipinski definition) is 2.